The minimum atomic E-state index is 0.279. The Balaban J connectivity index is 3.24. The Hall–Kier alpha value is -1.43. The number of hydrogen-bond donors (Lipinski definition) is 0. The first-order valence-electron chi connectivity index (χ1n) is 3.88. The smallest absolute Gasteiger partial charge is 0.125 e. The van der Waals surface area contributed by atoms with Crippen LogP contribution in [0.4, 0.5) is 0 Å². The van der Waals surface area contributed by atoms with Gasteiger partial charge in [-0.15, -0.1) is 0 Å². The SMILES string of the molecule is Cc1ncc(C#N)c(C(C)C)n1. The van der Waals surface area contributed by atoms with Crippen LogP contribution in [0.25, 0.3) is 0 Å². The largest absolute Gasteiger partial charge is 0.240 e. The molecule has 62 valence electrons. The molecular formula is C9H11N3. The highest BCUT2D eigenvalue weighted by Crippen LogP contribution is 2.14. The van der Waals surface area contributed by atoms with Crippen molar-refractivity contribution >= 4 is 0 Å². The maximum absolute atomic E-state index is 8.73. The van der Waals surface area contributed by atoms with Crippen LogP contribution in [0.1, 0.15) is 36.8 Å². The summed E-state index contributed by atoms with van der Waals surface area (Å²) in [6, 6.07) is 2.08. The highest BCUT2D eigenvalue weighted by Gasteiger charge is 2.08. The molecule has 3 heteroatoms. The van der Waals surface area contributed by atoms with Crippen LogP contribution in [0.2, 0.25) is 0 Å². The molecule has 3 nitrogen and oxygen atoms in total. The van der Waals surface area contributed by atoms with Gasteiger partial charge in [0.25, 0.3) is 0 Å². The zero-order valence-electron chi connectivity index (χ0n) is 7.50. The molecule has 0 aliphatic heterocycles. The quantitative estimate of drug-likeness (QED) is 0.630. The minimum absolute atomic E-state index is 0.279. The predicted octanol–water partition coefficient (Wildman–Crippen LogP) is 1.78. The van der Waals surface area contributed by atoms with E-state index >= 15 is 0 Å². The van der Waals surface area contributed by atoms with Crippen molar-refractivity contribution in [1.82, 2.24) is 9.97 Å². The lowest BCUT2D eigenvalue weighted by Crippen LogP contribution is -2.00. The van der Waals surface area contributed by atoms with Gasteiger partial charge >= 0.3 is 0 Å². The summed E-state index contributed by atoms with van der Waals surface area (Å²) in [6.45, 7) is 5.86. The van der Waals surface area contributed by atoms with E-state index in [1.54, 1.807) is 6.20 Å². The fourth-order valence-electron chi connectivity index (χ4n) is 1.01. The number of aryl methyl sites for hydroxylation is 1. The molecule has 1 aromatic heterocycles. The van der Waals surface area contributed by atoms with Gasteiger partial charge in [0.1, 0.15) is 11.9 Å². The minimum Gasteiger partial charge on any atom is -0.240 e. The summed E-state index contributed by atoms with van der Waals surface area (Å²) >= 11 is 0. The number of nitrogens with zero attached hydrogens (tertiary/aromatic N) is 3. The molecule has 1 rings (SSSR count). The van der Waals surface area contributed by atoms with Gasteiger partial charge in [0.05, 0.1) is 11.3 Å². The van der Waals surface area contributed by atoms with E-state index in [-0.39, 0.29) is 5.92 Å². The van der Waals surface area contributed by atoms with Crippen LogP contribution in [0, 0.1) is 18.3 Å². The van der Waals surface area contributed by atoms with Crippen LogP contribution < -0.4 is 0 Å². The molecule has 12 heavy (non-hydrogen) atoms. The number of aromatic nitrogens is 2. The lowest BCUT2D eigenvalue weighted by Gasteiger charge is -2.05. The van der Waals surface area contributed by atoms with Crippen molar-refractivity contribution in [3.05, 3.63) is 23.3 Å². The molecule has 0 unspecified atom stereocenters. The Morgan fingerprint density at radius 3 is 2.67 bits per heavy atom. The van der Waals surface area contributed by atoms with Crippen molar-refractivity contribution in [3.63, 3.8) is 0 Å². The van der Waals surface area contributed by atoms with Gasteiger partial charge in [0.15, 0.2) is 0 Å². The summed E-state index contributed by atoms with van der Waals surface area (Å²) in [4.78, 5) is 8.17. The summed E-state index contributed by atoms with van der Waals surface area (Å²) in [7, 11) is 0. The molecule has 0 atom stereocenters. The second-order valence-electron chi connectivity index (χ2n) is 2.98. The van der Waals surface area contributed by atoms with Gasteiger partial charge in [0.2, 0.25) is 0 Å². The van der Waals surface area contributed by atoms with Gasteiger partial charge in [-0.1, -0.05) is 13.8 Å². The second-order valence-corrected chi connectivity index (χ2v) is 2.98. The molecule has 0 saturated heterocycles. The van der Waals surface area contributed by atoms with Crippen molar-refractivity contribution in [2.24, 2.45) is 0 Å². The number of hydrogen-bond acceptors (Lipinski definition) is 3. The average molecular weight is 161 g/mol. The van der Waals surface area contributed by atoms with Crippen LogP contribution in [-0.2, 0) is 0 Å². The van der Waals surface area contributed by atoms with Gasteiger partial charge in [-0.3, -0.25) is 0 Å². The van der Waals surface area contributed by atoms with E-state index in [4.69, 9.17) is 5.26 Å². The number of rotatable bonds is 1. The van der Waals surface area contributed by atoms with E-state index in [1.165, 1.54) is 0 Å². The van der Waals surface area contributed by atoms with E-state index in [9.17, 15) is 0 Å². The molecule has 0 amide bonds. The third kappa shape index (κ3) is 1.59. The zero-order chi connectivity index (χ0) is 9.14. The highest BCUT2D eigenvalue weighted by atomic mass is 14.9. The Labute approximate surface area is 72.1 Å². The van der Waals surface area contributed by atoms with Crippen molar-refractivity contribution in [2.75, 3.05) is 0 Å². The lowest BCUT2D eigenvalue weighted by atomic mass is 10.1. The summed E-state index contributed by atoms with van der Waals surface area (Å²) < 4.78 is 0. The molecule has 1 heterocycles. The van der Waals surface area contributed by atoms with Gasteiger partial charge in [-0.25, -0.2) is 9.97 Å². The Bertz CT molecular complexity index is 323. The lowest BCUT2D eigenvalue weighted by molar-refractivity contribution is 0.796. The van der Waals surface area contributed by atoms with Crippen LogP contribution in [0.3, 0.4) is 0 Å². The van der Waals surface area contributed by atoms with Crippen molar-refractivity contribution in [3.8, 4) is 6.07 Å². The highest BCUT2D eigenvalue weighted by molar-refractivity contribution is 5.32. The van der Waals surface area contributed by atoms with Gasteiger partial charge < -0.3 is 0 Å². The molecule has 0 spiro atoms. The molecule has 0 N–H and O–H groups in total. The normalized spacial score (nSPS) is 9.92. The average Bonchev–Trinajstić information content (AvgIpc) is 2.04. The van der Waals surface area contributed by atoms with Crippen LogP contribution in [0.5, 0.6) is 0 Å². The Morgan fingerprint density at radius 1 is 1.50 bits per heavy atom. The van der Waals surface area contributed by atoms with Crippen LogP contribution >= 0.6 is 0 Å². The third-order valence-electron chi connectivity index (χ3n) is 1.61. The van der Waals surface area contributed by atoms with Crippen molar-refractivity contribution in [1.29, 1.82) is 5.26 Å². The fourth-order valence-corrected chi connectivity index (χ4v) is 1.01. The molecule has 0 saturated carbocycles. The molecule has 1 aromatic rings. The van der Waals surface area contributed by atoms with Crippen LogP contribution in [0.15, 0.2) is 6.20 Å². The Kier molecular flexibility index (Phi) is 2.39. The van der Waals surface area contributed by atoms with E-state index in [0.29, 0.717) is 5.56 Å². The first-order valence-corrected chi connectivity index (χ1v) is 3.88. The zero-order valence-corrected chi connectivity index (χ0v) is 7.50. The first kappa shape index (κ1) is 8.66. The standard InChI is InChI=1S/C9H11N3/c1-6(2)9-8(4-10)5-11-7(3)12-9/h5-6H,1-3H3. The number of nitriles is 1. The van der Waals surface area contributed by atoms with E-state index in [0.717, 1.165) is 11.5 Å². The molecule has 0 aliphatic carbocycles. The maximum Gasteiger partial charge on any atom is 0.125 e. The molecule has 0 fully saturated rings. The predicted molar refractivity (Wildman–Crippen MR) is 45.6 cm³/mol. The fraction of sp³-hybridized carbons (Fsp3) is 0.444. The van der Waals surface area contributed by atoms with Gasteiger partial charge in [-0.05, 0) is 12.8 Å². The summed E-state index contributed by atoms with van der Waals surface area (Å²) in [5.74, 6) is 0.999. The molecule has 0 aromatic carbocycles. The monoisotopic (exact) mass is 161 g/mol. The molecule has 0 radical (unpaired) electrons. The van der Waals surface area contributed by atoms with Crippen molar-refractivity contribution in [2.45, 2.75) is 26.7 Å². The van der Waals surface area contributed by atoms with Crippen molar-refractivity contribution < 1.29 is 0 Å². The van der Waals surface area contributed by atoms with Gasteiger partial charge in [0, 0.05) is 6.20 Å². The third-order valence-corrected chi connectivity index (χ3v) is 1.61. The van der Waals surface area contributed by atoms with Crippen LogP contribution in [-0.4, -0.2) is 9.97 Å². The van der Waals surface area contributed by atoms with E-state index < -0.39 is 0 Å². The second kappa shape index (κ2) is 3.31. The summed E-state index contributed by atoms with van der Waals surface area (Å²) in [6.07, 6.45) is 1.58. The van der Waals surface area contributed by atoms with E-state index in [1.807, 2.05) is 20.8 Å². The summed E-state index contributed by atoms with van der Waals surface area (Å²) in [5.41, 5.74) is 1.42. The summed E-state index contributed by atoms with van der Waals surface area (Å²) in [5, 5.41) is 8.73. The first-order chi connectivity index (χ1) is 5.65. The Morgan fingerprint density at radius 2 is 2.17 bits per heavy atom. The molecular weight excluding hydrogens is 150 g/mol. The molecule has 0 bridgehead atoms. The maximum atomic E-state index is 8.73. The van der Waals surface area contributed by atoms with E-state index in [2.05, 4.69) is 16.0 Å². The van der Waals surface area contributed by atoms with Gasteiger partial charge in [-0.2, -0.15) is 5.26 Å². The topological polar surface area (TPSA) is 49.6 Å². The molecule has 0 aliphatic rings.